The Bertz CT molecular complexity index is 1280. The Morgan fingerprint density at radius 2 is 1.88 bits per heavy atom. The largest absolute Gasteiger partial charge is 0.487 e. The number of nitrogens with one attached hydrogen (secondary N) is 1. The van der Waals surface area contributed by atoms with Gasteiger partial charge in [-0.1, -0.05) is 41.9 Å². The minimum absolute atomic E-state index is 0.0278. The molecule has 1 atom stereocenters. The molecule has 0 spiro atoms. The van der Waals surface area contributed by atoms with E-state index in [-0.39, 0.29) is 11.1 Å². The van der Waals surface area contributed by atoms with Crippen molar-refractivity contribution in [3.8, 4) is 11.5 Å². The Balaban J connectivity index is 1.47. The Labute approximate surface area is 201 Å². The molecule has 4 aromatic rings. The second kappa shape index (κ2) is 10.2. The van der Waals surface area contributed by atoms with Crippen LogP contribution in [-0.4, -0.2) is 29.3 Å². The van der Waals surface area contributed by atoms with Crippen LogP contribution in [0.3, 0.4) is 0 Å². The number of aromatic nitrogens is 2. The van der Waals surface area contributed by atoms with E-state index in [2.05, 4.69) is 15.3 Å². The molecule has 1 fully saturated rings. The number of rotatable bonds is 8. The number of fused-ring (bicyclic) bond motifs is 1. The first-order chi connectivity index (χ1) is 16.7. The molecular weight excluding hydrogens is 457 g/mol. The second-order valence-corrected chi connectivity index (χ2v) is 8.42. The normalized spacial score (nSPS) is 15.4. The molecule has 0 amide bonds. The van der Waals surface area contributed by atoms with Crippen LogP contribution in [0.5, 0.6) is 11.5 Å². The smallest absolute Gasteiger partial charge is 0.163 e. The summed E-state index contributed by atoms with van der Waals surface area (Å²) in [5.74, 6) is 1.23. The monoisotopic (exact) mass is 479 g/mol. The highest BCUT2D eigenvalue weighted by molar-refractivity contribution is 6.31. The third kappa shape index (κ3) is 5.21. The lowest BCUT2D eigenvalue weighted by molar-refractivity contribution is 0.0666. The number of benzene rings is 3. The molecule has 1 aliphatic rings. The van der Waals surface area contributed by atoms with Crippen molar-refractivity contribution >= 4 is 34.0 Å². The van der Waals surface area contributed by atoms with Gasteiger partial charge in [0.05, 0.1) is 16.6 Å². The Morgan fingerprint density at radius 3 is 2.68 bits per heavy atom. The van der Waals surface area contributed by atoms with Gasteiger partial charge in [-0.25, -0.2) is 14.4 Å². The molecule has 0 radical (unpaired) electrons. The van der Waals surface area contributed by atoms with Crippen LogP contribution in [0, 0.1) is 5.82 Å². The van der Waals surface area contributed by atoms with Crippen LogP contribution in [0.2, 0.25) is 5.02 Å². The van der Waals surface area contributed by atoms with Gasteiger partial charge in [0.25, 0.3) is 0 Å². The maximum Gasteiger partial charge on any atom is 0.163 e. The van der Waals surface area contributed by atoms with E-state index in [0.29, 0.717) is 41.7 Å². The van der Waals surface area contributed by atoms with Gasteiger partial charge in [0.1, 0.15) is 31.2 Å². The molecule has 3 aromatic carbocycles. The average Bonchev–Trinajstić information content (AvgIpc) is 3.38. The molecule has 0 aliphatic carbocycles. The van der Waals surface area contributed by atoms with Crippen molar-refractivity contribution in [1.29, 1.82) is 0 Å². The second-order valence-electron chi connectivity index (χ2n) is 8.01. The molecule has 34 heavy (non-hydrogen) atoms. The minimum Gasteiger partial charge on any atom is -0.487 e. The third-order valence-corrected chi connectivity index (χ3v) is 5.86. The van der Waals surface area contributed by atoms with E-state index < -0.39 is 5.82 Å². The molecule has 8 heteroatoms. The maximum absolute atomic E-state index is 13.6. The van der Waals surface area contributed by atoms with Crippen LogP contribution < -0.4 is 14.8 Å². The molecular formula is C26H23ClFN3O3. The summed E-state index contributed by atoms with van der Waals surface area (Å²) in [5, 5.41) is 3.95. The van der Waals surface area contributed by atoms with Crippen molar-refractivity contribution in [2.45, 2.75) is 25.6 Å². The van der Waals surface area contributed by atoms with Gasteiger partial charge >= 0.3 is 0 Å². The van der Waals surface area contributed by atoms with Gasteiger partial charge in [-0.15, -0.1) is 0 Å². The molecule has 0 saturated carbocycles. The molecule has 0 bridgehead atoms. The fourth-order valence-corrected chi connectivity index (χ4v) is 3.97. The lowest BCUT2D eigenvalue weighted by Gasteiger charge is -2.17. The van der Waals surface area contributed by atoms with Gasteiger partial charge in [-0.05, 0) is 42.7 Å². The first-order valence-electron chi connectivity index (χ1n) is 11.1. The van der Waals surface area contributed by atoms with Crippen LogP contribution in [-0.2, 0) is 11.3 Å². The van der Waals surface area contributed by atoms with Gasteiger partial charge in [0.15, 0.2) is 11.5 Å². The zero-order valence-corrected chi connectivity index (χ0v) is 19.1. The molecule has 5 rings (SSSR count). The number of hydrogen-bond acceptors (Lipinski definition) is 6. The summed E-state index contributed by atoms with van der Waals surface area (Å²) in [6, 6.07) is 18.0. The molecule has 1 saturated heterocycles. The summed E-state index contributed by atoms with van der Waals surface area (Å²) in [7, 11) is 0. The number of halogens is 2. The maximum atomic E-state index is 13.6. The standard InChI is InChI=1S/C26H23ClFN3O3/c27-21-11-18(8-9-22(21)28)31-26-20-12-24(33-14-17-5-2-1-3-6-17)25(13-23(20)29-16-30-26)34-15-19-7-4-10-32-19/h1-3,5-6,8-9,11-13,16,19H,4,7,10,14-15H2,(H,29,30,31). The Morgan fingerprint density at radius 1 is 1.03 bits per heavy atom. The summed E-state index contributed by atoms with van der Waals surface area (Å²) in [6.45, 7) is 1.59. The fraction of sp³-hybridized carbons (Fsp3) is 0.231. The van der Waals surface area contributed by atoms with Crippen LogP contribution in [0.4, 0.5) is 15.9 Å². The third-order valence-electron chi connectivity index (χ3n) is 5.57. The van der Waals surface area contributed by atoms with Crippen LogP contribution >= 0.6 is 11.6 Å². The SMILES string of the molecule is Fc1ccc(Nc2ncnc3cc(OCC4CCCO4)c(OCc4ccccc4)cc23)cc1Cl. The highest BCUT2D eigenvalue weighted by Crippen LogP contribution is 2.36. The zero-order chi connectivity index (χ0) is 23.3. The predicted octanol–water partition coefficient (Wildman–Crippen LogP) is 6.30. The number of anilines is 2. The van der Waals surface area contributed by atoms with E-state index in [1.807, 2.05) is 42.5 Å². The summed E-state index contributed by atoms with van der Waals surface area (Å²) < 4.78 is 31.5. The highest BCUT2D eigenvalue weighted by Gasteiger charge is 2.19. The minimum atomic E-state index is -0.482. The molecule has 174 valence electrons. The summed E-state index contributed by atoms with van der Waals surface area (Å²) in [5.41, 5.74) is 2.33. The molecule has 1 aromatic heterocycles. The molecule has 6 nitrogen and oxygen atoms in total. The van der Waals surface area contributed by atoms with Gasteiger partial charge in [-0.3, -0.25) is 0 Å². The van der Waals surface area contributed by atoms with E-state index in [0.717, 1.165) is 30.4 Å². The van der Waals surface area contributed by atoms with E-state index in [1.54, 1.807) is 6.07 Å². The van der Waals surface area contributed by atoms with Crippen molar-refractivity contribution in [3.63, 3.8) is 0 Å². The zero-order valence-electron chi connectivity index (χ0n) is 18.3. The van der Waals surface area contributed by atoms with Crippen molar-refractivity contribution in [1.82, 2.24) is 9.97 Å². The fourth-order valence-electron chi connectivity index (χ4n) is 3.79. The topological polar surface area (TPSA) is 65.5 Å². The molecule has 1 N–H and O–H groups in total. The predicted molar refractivity (Wildman–Crippen MR) is 129 cm³/mol. The van der Waals surface area contributed by atoms with Crippen LogP contribution in [0.25, 0.3) is 10.9 Å². The summed E-state index contributed by atoms with van der Waals surface area (Å²) in [4.78, 5) is 8.79. The van der Waals surface area contributed by atoms with E-state index in [1.165, 1.54) is 18.5 Å². The lowest BCUT2D eigenvalue weighted by Crippen LogP contribution is -2.16. The van der Waals surface area contributed by atoms with Gasteiger partial charge in [0, 0.05) is 23.7 Å². The first kappa shape index (κ1) is 22.4. The van der Waals surface area contributed by atoms with Gasteiger partial charge < -0.3 is 19.5 Å². The number of nitrogens with zero attached hydrogens (tertiary/aromatic N) is 2. The van der Waals surface area contributed by atoms with Crippen molar-refractivity contribution in [2.75, 3.05) is 18.5 Å². The van der Waals surface area contributed by atoms with Gasteiger partial charge in [0.2, 0.25) is 0 Å². The van der Waals surface area contributed by atoms with Crippen molar-refractivity contribution < 1.29 is 18.6 Å². The van der Waals surface area contributed by atoms with E-state index in [4.69, 9.17) is 25.8 Å². The number of ether oxygens (including phenoxy) is 3. The molecule has 1 aliphatic heterocycles. The Kier molecular flexibility index (Phi) is 6.74. The highest BCUT2D eigenvalue weighted by atomic mass is 35.5. The van der Waals surface area contributed by atoms with Crippen molar-refractivity contribution in [3.05, 3.63) is 83.4 Å². The number of hydrogen-bond donors (Lipinski definition) is 1. The van der Waals surface area contributed by atoms with Crippen LogP contribution in [0.1, 0.15) is 18.4 Å². The Hall–Kier alpha value is -3.42. The van der Waals surface area contributed by atoms with E-state index >= 15 is 0 Å². The average molecular weight is 480 g/mol. The molecule has 1 unspecified atom stereocenters. The summed E-state index contributed by atoms with van der Waals surface area (Å²) in [6.07, 6.45) is 3.55. The first-order valence-corrected chi connectivity index (χ1v) is 11.5. The summed E-state index contributed by atoms with van der Waals surface area (Å²) >= 11 is 5.94. The lowest BCUT2D eigenvalue weighted by atomic mass is 10.2. The van der Waals surface area contributed by atoms with E-state index in [9.17, 15) is 4.39 Å². The van der Waals surface area contributed by atoms with Crippen LogP contribution in [0.15, 0.2) is 67.0 Å². The van der Waals surface area contributed by atoms with Crippen molar-refractivity contribution in [2.24, 2.45) is 0 Å². The quantitative estimate of drug-likeness (QED) is 0.320. The van der Waals surface area contributed by atoms with Gasteiger partial charge in [-0.2, -0.15) is 0 Å². The molecule has 2 heterocycles.